The van der Waals surface area contributed by atoms with E-state index in [9.17, 15) is 9.59 Å². The van der Waals surface area contributed by atoms with E-state index in [-0.39, 0.29) is 17.6 Å². The number of rotatable bonds is 5. The van der Waals surface area contributed by atoms with Gasteiger partial charge in [0.15, 0.2) is 0 Å². The van der Waals surface area contributed by atoms with Gasteiger partial charge in [-0.15, -0.1) is 0 Å². The number of carbonyl (C=O) groups excluding carboxylic acids is 1. The summed E-state index contributed by atoms with van der Waals surface area (Å²) in [4.78, 5) is 30.2. The number of hydrogen-bond acceptors (Lipinski definition) is 4. The summed E-state index contributed by atoms with van der Waals surface area (Å²) < 4.78 is 7.57. The zero-order valence-electron chi connectivity index (χ0n) is 17.9. The van der Waals surface area contributed by atoms with E-state index in [1.54, 1.807) is 28.8 Å². The van der Waals surface area contributed by atoms with E-state index < -0.39 is 0 Å². The van der Waals surface area contributed by atoms with Crippen LogP contribution < -0.4 is 15.6 Å². The van der Waals surface area contributed by atoms with Gasteiger partial charge in [-0.1, -0.05) is 24.6 Å². The Labute approximate surface area is 181 Å². The van der Waals surface area contributed by atoms with Crippen LogP contribution in [0.15, 0.2) is 53.3 Å². The van der Waals surface area contributed by atoms with Gasteiger partial charge in [0.05, 0.1) is 17.0 Å². The van der Waals surface area contributed by atoms with Gasteiger partial charge in [-0.2, -0.15) is 0 Å². The minimum absolute atomic E-state index is 0.0340. The fourth-order valence-corrected chi connectivity index (χ4v) is 3.82. The van der Waals surface area contributed by atoms with Gasteiger partial charge >= 0.3 is 0 Å². The van der Waals surface area contributed by atoms with Gasteiger partial charge in [0.25, 0.3) is 5.56 Å². The first-order chi connectivity index (χ1) is 15.0. The molecule has 4 rings (SSSR count). The first-order valence-corrected chi connectivity index (χ1v) is 10.8. The molecule has 6 heteroatoms. The monoisotopic (exact) mass is 417 g/mol. The molecule has 2 aromatic carbocycles. The lowest BCUT2D eigenvalue weighted by Crippen LogP contribution is -2.24. The third-order valence-electron chi connectivity index (χ3n) is 5.28. The fraction of sp³-hybridized carbons (Fsp3) is 0.320. The second kappa shape index (κ2) is 9.16. The Morgan fingerprint density at radius 3 is 2.84 bits per heavy atom. The first-order valence-electron chi connectivity index (χ1n) is 10.8. The molecule has 0 spiro atoms. The number of nitrogens with zero attached hydrogens (tertiary/aromatic N) is 2. The van der Waals surface area contributed by atoms with Crippen molar-refractivity contribution in [1.82, 2.24) is 9.55 Å². The molecule has 160 valence electrons. The van der Waals surface area contributed by atoms with Crippen LogP contribution in [0.4, 0.5) is 5.69 Å². The molecule has 6 nitrogen and oxygen atoms in total. The summed E-state index contributed by atoms with van der Waals surface area (Å²) >= 11 is 0. The van der Waals surface area contributed by atoms with E-state index in [1.807, 2.05) is 38.1 Å². The highest BCUT2D eigenvalue weighted by atomic mass is 16.5. The number of anilines is 1. The molecule has 1 aromatic heterocycles. The molecule has 31 heavy (non-hydrogen) atoms. The van der Waals surface area contributed by atoms with Crippen molar-refractivity contribution in [2.24, 2.45) is 0 Å². The number of nitrogens with one attached hydrogen (secondary N) is 1. The van der Waals surface area contributed by atoms with Crippen molar-refractivity contribution in [3.63, 3.8) is 0 Å². The van der Waals surface area contributed by atoms with Crippen LogP contribution in [0.3, 0.4) is 0 Å². The van der Waals surface area contributed by atoms with Crippen molar-refractivity contribution < 1.29 is 9.53 Å². The molecule has 1 aliphatic rings. The lowest BCUT2D eigenvalue weighted by molar-refractivity contribution is -0.111. The molecule has 0 saturated heterocycles. The highest BCUT2D eigenvalue weighted by Crippen LogP contribution is 2.21. The lowest BCUT2D eigenvalue weighted by Gasteiger charge is -2.12. The highest BCUT2D eigenvalue weighted by Gasteiger charge is 2.14. The van der Waals surface area contributed by atoms with Gasteiger partial charge in [-0.05, 0) is 57.0 Å². The molecule has 0 saturated carbocycles. The van der Waals surface area contributed by atoms with Crippen LogP contribution in [-0.4, -0.2) is 21.6 Å². The summed E-state index contributed by atoms with van der Waals surface area (Å²) in [7, 11) is 0. The molecule has 3 aromatic rings. The van der Waals surface area contributed by atoms with Crippen LogP contribution >= 0.6 is 0 Å². The number of carbonyl (C=O) groups is 1. The topological polar surface area (TPSA) is 73.2 Å². The number of benzene rings is 2. The number of fused-ring (bicyclic) bond motifs is 2. The molecule has 0 aliphatic carbocycles. The predicted molar refractivity (Wildman–Crippen MR) is 123 cm³/mol. The molecule has 1 amide bonds. The summed E-state index contributed by atoms with van der Waals surface area (Å²) in [6, 6.07) is 12.9. The summed E-state index contributed by atoms with van der Waals surface area (Å²) in [5, 5.41) is 3.37. The smallest absolute Gasteiger partial charge is 0.261 e. The third-order valence-corrected chi connectivity index (χ3v) is 5.28. The van der Waals surface area contributed by atoms with Crippen molar-refractivity contribution in [3.8, 4) is 5.75 Å². The van der Waals surface area contributed by atoms with Crippen LogP contribution in [0.2, 0.25) is 0 Å². The Morgan fingerprint density at radius 1 is 1.16 bits per heavy atom. The average Bonchev–Trinajstić information content (AvgIpc) is 2.99. The second-order valence-electron chi connectivity index (χ2n) is 8.05. The number of aromatic nitrogens is 2. The maximum absolute atomic E-state index is 13.0. The van der Waals surface area contributed by atoms with E-state index in [2.05, 4.69) is 10.3 Å². The molecular weight excluding hydrogens is 390 g/mol. The fourth-order valence-electron chi connectivity index (χ4n) is 3.82. The Bertz CT molecular complexity index is 1190. The van der Waals surface area contributed by atoms with Crippen LogP contribution in [0, 0.1) is 0 Å². The van der Waals surface area contributed by atoms with E-state index in [0.717, 1.165) is 42.8 Å². The van der Waals surface area contributed by atoms with Crippen LogP contribution in [-0.2, 0) is 17.8 Å². The van der Waals surface area contributed by atoms with Crippen LogP contribution in [0.5, 0.6) is 5.75 Å². The third kappa shape index (κ3) is 4.85. The first kappa shape index (κ1) is 20.8. The summed E-state index contributed by atoms with van der Waals surface area (Å²) in [6.45, 7) is 4.63. The lowest BCUT2D eigenvalue weighted by atomic mass is 10.1. The van der Waals surface area contributed by atoms with E-state index >= 15 is 0 Å². The summed E-state index contributed by atoms with van der Waals surface area (Å²) in [6.07, 6.45) is 7.23. The molecule has 2 heterocycles. The minimum Gasteiger partial charge on any atom is -0.490 e. The van der Waals surface area contributed by atoms with Crippen LogP contribution in [0.1, 0.15) is 44.5 Å². The quantitative estimate of drug-likeness (QED) is 0.618. The molecule has 0 radical (unpaired) electrons. The van der Waals surface area contributed by atoms with Crippen molar-refractivity contribution in [2.75, 3.05) is 5.32 Å². The Balaban J connectivity index is 1.55. The molecule has 0 atom stereocenters. The summed E-state index contributed by atoms with van der Waals surface area (Å²) in [5.41, 5.74) is 2.04. The predicted octanol–water partition coefficient (Wildman–Crippen LogP) is 4.56. The van der Waals surface area contributed by atoms with Gasteiger partial charge in [0.1, 0.15) is 11.6 Å². The molecule has 0 unspecified atom stereocenters. The minimum atomic E-state index is -0.276. The number of aryl methyl sites for hydroxylation is 1. The molecule has 0 fully saturated rings. The van der Waals surface area contributed by atoms with Gasteiger partial charge in [-0.25, -0.2) is 4.98 Å². The Hall–Kier alpha value is -3.41. The van der Waals surface area contributed by atoms with Gasteiger partial charge < -0.3 is 10.1 Å². The Kier molecular flexibility index (Phi) is 6.16. The maximum Gasteiger partial charge on any atom is 0.261 e. The van der Waals surface area contributed by atoms with Crippen molar-refractivity contribution in [1.29, 1.82) is 0 Å². The van der Waals surface area contributed by atoms with E-state index in [1.165, 1.54) is 6.08 Å². The summed E-state index contributed by atoms with van der Waals surface area (Å²) in [5.74, 6) is 1.31. The molecular formula is C25H27N3O3. The van der Waals surface area contributed by atoms with Crippen molar-refractivity contribution in [3.05, 3.63) is 70.3 Å². The van der Waals surface area contributed by atoms with Gasteiger partial charge in [0.2, 0.25) is 5.91 Å². The number of amides is 1. The zero-order valence-corrected chi connectivity index (χ0v) is 17.9. The van der Waals surface area contributed by atoms with E-state index in [4.69, 9.17) is 4.74 Å². The SMILES string of the molecule is CC(C)Oc1ccccc1C=CC(=O)Nc1ccc2nc3n(c(=O)c2c1)CCCCC3. The largest absolute Gasteiger partial charge is 0.490 e. The van der Waals surface area contributed by atoms with Crippen molar-refractivity contribution in [2.45, 2.75) is 52.2 Å². The highest BCUT2D eigenvalue weighted by molar-refractivity contribution is 6.03. The van der Waals surface area contributed by atoms with Gasteiger partial charge in [-0.3, -0.25) is 14.2 Å². The number of hydrogen-bond donors (Lipinski definition) is 1. The second-order valence-corrected chi connectivity index (χ2v) is 8.05. The Morgan fingerprint density at radius 2 is 2.00 bits per heavy atom. The molecule has 1 N–H and O–H groups in total. The number of ether oxygens (including phenoxy) is 1. The standard InChI is InChI=1S/C25H27N3O3/c1-17(2)31-22-9-6-5-8-18(22)11-14-24(29)26-19-12-13-21-20(16-19)25(30)28-15-7-3-4-10-23(28)27-21/h5-6,8-9,11-14,16-17H,3-4,7,10,15H2,1-2H3,(H,26,29). The maximum atomic E-state index is 13.0. The van der Waals surface area contributed by atoms with Crippen LogP contribution in [0.25, 0.3) is 17.0 Å². The number of para-hydroxylation sites is 1. The van der Waals surface area contributed by atoms with Gasteiger partial charge in [0, 0.05) is 30.3 Å². The zero-order chi connectivity index (χ0) is 21.8. The molecule has 1 aliphatic heterocycles. The normalized spacial score (nSPS) is 13.9. The van der Waals surface area contributed by atoms with E-state index in [0.29, 0.717) is 23.1 Å². The average molecular weight is 418 g/mol. The molecule has 0 bridgehead atoms. The van der Waals surface area contributed by atoms with Crippen molar-refractivity contribution >= 4 is 28.6 Å².